The molecule has 0 bridgehead atoms. The zero-order valence-electron chi connectivity index (χ0n) is 11.1. The third-order valence-electron chi connectivity index (χ3n) is 3.65. The van der Waals surface area contributed by atoms with Gasteiger partial charge in [-0.2, -0.15) is 0 Å². The summed E-state index contributed by atoms with van der Waals surface area (Å²) in [5.41, 5.74) is 0.703. The Morgan fingerprint density at radius 3 is 2.37 bits per heavy atom. The van der Waals surface area contributed by atoms with Crippen molar-refractivity contribution in [3.63, 3.8) is 0 Å². The molecular weight excluding hydrogens is 242 g/mol. The number of carbonyl (C=O) groups is 1. The highest BCUT2D eigenvalue weighted by atomic mass is 16.3. The maximum atomic E-state index is 11.8. The van der Waals surface area contributed by atoms with E-state index < -0.39 is 0 Å². The average Bonchev–Trinajstić information content (AvgIpc) is 2.36. The fourth-order valence-electron chi connectivity index (χ4n) is 2.68. The highest BCUT2D eigenvalue weighted by Crippen LogP contribution is 2.26. The maximum Gasteiger partial charge on any atom is 0.220 e. The van der Waals surface area contributed by atoms with Crippen LogP contribution in [0.1, 0.15) is 44.1 Å². The SMILES string of the molecule is O=C(CC1CCCCC1)NCc1cc(O)cc(O)c1. The smallest absolute Gasteiger partial charge is 0.220 e. The number of nitrogens with one attached hydrogen (secondary N) is 1. The number of rotatable bonds is 4. The minimum Gasteiger partial charge on any atom is -0.508 e. The van der Waals surface area contributed by atoms with Crippen LogP contribution in [0.15, 0.2) is 18.2 Å². The van der Waals surface area contributed by atoms with Crippen molar-refractivity contribution in [3.05, 3.63) is 23.8 Å². The molecule has 0 unspecified atom stereocenters. The molecule has 19 heavy (non-hydrogen) atoms. The van der Waals surface area contributed by atoms with Crippen LogP contribution in [-0.4, -0.2) is 16.1 Å². The van der Waals surface area contributed by atoms with Gasteiger partial charge in [-0.3, -0.25) is 4.79 Å². The zero-order valence-corrected chi connectivity index (χ0v) is 11.1. The molecule has 104 valence electrons. The first-order valence-corrected chi connectivity index (χ1v) is 6.92. The fourth-order valence-corrected chi connectivity index (χ4v) is 2.68. The van der Waals surface area contributed by atoms with Crippen LogP contribution >= 0.6 is 0 Å². The number of benzene rings is 1. The van der Waals surface area contributed by atoms with E-state index in [-0.39, 0.29) is 17.4 Å². The standard InChI is InChI=1S/C15H21NO3/c17-13-6-12(7-14(18)9-13)10-16-15(19)8-11-4-2-1-3-5-11/h6-7,9,11,17-18H,1-5,8,10H2,(H,16,19). The molecule has 0 saturated heterocycles. The van der Waals surface area contributed by atoms with Gasteiger partial charge in [0.25, 0.3) is 0 Å². The van der Waals surface area contributed by atoms with E-state index in [1.807, 2.05) is 0 Å². The van der Waals surface area contributed by atoms with E-state index in [9.17, 15) is 15.0 Å². The second kappa shape index (κ2) is 6.45. The molecule has 4 heteroatoms. The van der Waals surface area contributed by atoms with E-state index in [0.717, 1.165) is 12.8 Å². The normalized spacial score (nSPS) is 16.2. The van der Waals surface area contributed by atoms with Crippen molar-refractivity contribution in [2.75, 3.05) is 0 Å². The molecule has 1 aromatic rings. The van der Waals surface area contributed by atoms with Crippen molar-refractivity contribution in [1.82, 2.24) is 5.32 Å². The summed E-state index contributed by atoms with van der Waals surface area (Å²) in [5, 5.41) is 21.5. The Bertz CT molecular complexity index is 419. The van der Waals surface area contributed by atoms with Crippen molar-refractivity contribution < 1.29 is 15.0 Å². The summed E-state index contributed by atoms with van der Waals surface area (Å²) in [6.45, 7) is 0.341. The molecule has 0 atom stereocenters. The third-order valence-corrected chi connectivity index (χ3v) is 3.65. The van der Waals surface area contributed by atoms with Crippen LogP contribution in [0.3, 0.4) is 0 Å². The second-order valence-electron chi connectivity index (χ2n) is 5.34. The van der Waals surface area contributed by atoms with Crippen molar-refractivity contribution >= 4 is 5.91 Å². The molecule has 1 aliphatic carbocycles. The van der Waals surface area contributed by atoms with Gasteiger partial charge in [-0.15, -0.1) is 0 Å². The maximum absolute atomic E-state index is 11.8. The van der Waals surface area contributed by atoms with Gasteiger partial charge in [0.1, 0.15) is 11.5 Å². The minimum absolute atomic E-state index is 0.0107. The lowest BCUT2D eigenvalue weighted by molar-refractivity contribution is -0.122. The molecule has 0 spiro atoms. The van der Waals surface area contributed by atoms with Crippen molar-refractivity contribution in [2.24, 2.45) is 5.92 Å². The molecule has 1 amide bonds. The lowest BCUT2D eigenvalue weighted by Crippen LogP contribution is -2.25. The van der Waals surface area contributed by atoms with Gasteiger partial charge in [-0.05, 0) is 36.5 Å². The lowest BCUT2D eigenvalue weighted by Gasteiger charge is -2.20. The predicted octanol–water partition coefficient (Wildman–Crippen LogP) is 2.68. The van der Waals surface area contributed by atoms with Crippen LogP contribution in [0, 0.1) is 5.92 Å². The summed E-state index contributed by atoms with van der Waals surface area (Å²) in [6, 6.07) is 4.36. The molecule has 0 aliphatic heterocycles. The fraction of sp³-hybridized carbons (Fsp3) is 0.533. The van der Waals surface area contributed by atoms with Gasteiger partial charge >= 0.3 is 0 Å². The van der Waals surface area contributed by atoms with Gasteiger partial charge in [-0.25, -0.2) is 0 Å². The zero-order chi connectivity index (χ0) is 13.7. The first kappa shape index (κ1) is 13.7. The molecule has 4 nitrogen and oxygen atoms in total. The Labute approximate surface area is 113 Å². The summed E-state index contributed by atoms with van der Waals surface area (Å²) in [4.78, 5) is 11.8. The Hall–Kier alpha value is -1.71. The number of phenols is 2. The number of phenolic OH excluding ortho intramolecular Hbond substituents is 2. The summed E-state index contributed by atoms with van der Waals surface area (Å²) < 4.78 is 0. The Morgan fingerprint density at radius 2 is 1.74 bits per heavy atom. The molecule has 3 N–H and O–H groups in total. The number of hydrogen-bond donors (Lipinski definition) is 3. The highest BCUT2D eigenvalue weighted by molar-refractivity contribution is 5.76. The molecule has 1 aromatic carbocycles. The molecule has 1 saturated carbocycles. The van der Waals surface area contributed by atoms with Gasteiger partial charge in [0, 0.05) is 19.0 Å². The third kappa shape index (κ3) is 4.47. The molecule has 0 heterocycles. The van der Waals surface area contributed by atoms with E-state index >= 15 is 0 Å². The largest absolute Gasteiger partial charge is 0.508 e. The van der Waals surface area contributed by atoms with Gasteiger partial charge < -0.3 is 15.5 Å². The molecular formula is C15H21NO3. The molecule has 0 aromatic heterocycles. The van der Waals surface area contributed by atoms with E-state index in [2.05, 4.69) is 5.32 Å². The minimum atomic E-state index is 0.0107. The van der Waals surface area contributed by atoms with Gasteiger partial charge in [0.05, 0.1) is 0 Å². The van der Waals surface area contributed by atoms with E-state index in [0.29, 0.717) is 24.4 Å². The van der Waals surface area contributed by atoms with Gasteiger partial charge in [0.15, 0.2) is 0 Å². The molecule has 2 rings (SSSR count). The van der Waals surface area contributed by atoms with Gasteiger partial charge in [-0.1, -0.05) is 19.3 Å². The molecule has 1 aliphatic rings. The Morgan fingerprint density at radius 1 is 1.11 bits per heavy atom. The number of carbonyl (C=O) groups excluding carboxylic acids is 1. The van der Waals surface area contributed by atoms with Crippen molar-refractivity contribution in [1.29, 1.82) is 0 Å². The summed E-state index contributed by atoms with van der Waals surface area (Å²) in [7, 11) is 0. The van der Waals surface area contributed by atoms with Crippen LogP contribution < -0.4 is 5.32 Å². The summed E-state index contributed by atoms with van der Waals surface area (Å²) in [5.74, 6) is 0.592. The summed E-state index contributed by atoms with van der Waals surface area (Å²) >= 11 is 0. The van der Waals surface area contributed by atoms with Crippen LogP contribution in [0.25, 0.3) is 0 Å². The monoisotopic (exact) mass is 263 g/mol. The number of hydrogen-bond acceptors (Lipinski definition) is 3. The van der Waals surface area contributed by atoms with Crippen molar-refractivity contribution in [2.45, 2.75) is 45.1 Å². The van der Waals surface area contributed by atoms with Gasteiger partial charge in [0.2, 0.25) is 5.91 Å². The second-order valence-corrected chi connectivity index (χ2v) is 5.34. The number of aromatic hydroxyl groups is 2. The average molecular weight is 263 g/mol. The first-order chi connectivity index (χ1) is 9.13. The number of amides is 1. The summed E-state index contributed by atoms with van der Waals surface area (Å²) in [6.07, 6.45) is 6.66. The van der Waals surface area contributed by atoms with Crippen LogP contribution in [0.5, 0.6) is 11.5 Å². The van der Waals surface area contributed by atoms with E-state index in [1.54, 1.807) is 12.1 Å². The quantitative estimate of drug-likeness (QED) is 0.782. The van der Waals surface area contributed by atoms with Crippen LogP contribution in [-0.2, 0) is 11.3 Å². The Kier molecular flexibility index (Phi) is 4.66. The Balaban J connectivity index is 1.79. The van der Waals surface area contributed by atoms with Crippen LogP contribution in [0.4, 0.5) is 0 Å². The lowest BCUT2D eigenvalue weighted by atomic mass is 9.87. The predicted molar refractivity (Wildman–Crippen MR) is 72.8 cm³/mol. The first-order valence-electron chi connectivity index (χ1n) is 6.92. The highest BCUT2D eigenvalue weighted by Gasteiger charge is 2.16. The van der Waals surface area contributed by atoms with Crippen LogP contribution in [0.2, 0.25) is 0 Å². The van der Waals surface area contributed by atoms with Crippen molar-refractivity contribution in [3.8, 4) is 11.5 Å². The molecule has 1 fully saturated rings. The van der Waals surface area contributed by atoms with E-state index in [4.69, 9.17) is 0 Å². The molecule has 0 radical (unpaired) electrons. The topological polar surface area (TPSA) is 69.6 Å². The van der Waals surface area contributed by atoms with E-state index in [1.165, 1.54) is 25.3 Å².